The second-order valence-corrected chi connectivity index (χ2v) is 4.93. The number of nitrogens with zero attached hydrogens (tertiary/aromatic N) is 3. The molecule has 0 aliphatic rings. The van der Waals surface area contributed by atoms with Crippen LogP contribution in [-0.2, 0) is 6.54 Å². The van der Waals surface area contributed by atoms with Gasteiger partial charge in [-0.2, -0.15) is 5.10 Å². The van der Waals surface area contributed by atoms with E-state index in [1.807, 2.05) is 36.0 Å². The van der Waals surface area contributed by atoms with Gasteiger partial charge in [0.1, 0.15) is 10.8 Å². The fraction of sp³-hybridized carbons (Fsp3) is 0.308. The minimum absolute atomic E-state index is 0.169. The van der Waals surface area contributed by atoms with E-state index < -0.39 is 0 Å². The molecule has 0 fully saturated rings. The Morgan fingerprint density at radius 1 is 1.53 bits per heavy atom. The lowest BCUT2D eigenvalue weighted by Crippen LogP contribution is -2.25. The van der Waals surface area contributed by atoms with Crippen LogP contribution in [0.3, 0.4) is 0 Å². The Hall–Kier alpha value is -1.95. The predicted molar refractivity (Wildman–Crippen MR) is 80.2 cm³/mol. The van der Waals surface area contributed by atoms with Crippen LogP contribution >= 0.6 is 12.2 Å². The van der Waals surface area contributed by atoms with E-state index in [4.69, 9.17) is 18.0 Å². The second kappa shape index (κ2) is 5.79. The third-order valence-corrected chi connectivity index (χ3v) is 2.92. The van der Waals surface area contributed by atoms with Gasteiger partial charge in [-0.25, -0.2) is 4.98 Å². The summed E-state index contributed by atoms with van der Waals surface area (Å²) in [6, 6.07) is 5.87. The van der Waals surface area contributed by atoms with Crippen LogP contribution < -0.4 is 11.1 Å². The molecule has 0 saturated carbocycles. The predicted octanol–water partition coefficient (Wildman–Crippen LogP) is 1.72. The van der Waals surface area contributed by atoms with Gasteiger partial charge in [0.15, 0.2) is 0 Å². The molecule has 2 heterocycles. The fourth-order valence-corrected chi connectivity index (χ4v) is 2.00. The molecule has 19 heavy (non-hydrogen) atoms. The Balaban J connectivity index is 2.13. The van der Waals surface area contributed by atoms with Crippen LogP contribution in [0.5, 0.6) is 0 Å². The van der Waals surface area contributed by atoms with Crippen molar-refractivity contribution in [3.05, 3.63) is 41.9 Å². The highest BCUT2D eigenvalue weighted by Gasteiger charge is 2.10. The van der Waals surface area contributed by atoms with Gasteiger partial charge in [-0.15, -0.1) is 0 Å². The standard InChI is InChI=1S/C13H17N5S/c1-9-4-5-11(12(14)19)13(16-9)17-10(2)8-18-7-3-6-15-18/h3-7,10H,8H2,1-2H3,(H2,14,19)(H,16,17). The van der Waals surface area contributed by atoms with E-state index in [9.17, 15) is 0 Å². The summed E-state index contributed by atoms with van der Waals surface area (Å²) in [4.78, 5) is 4.80. The summed E-state index contributed by atoms with van der Waals surface area (Å²) in [5.41, 5.74) is 7.41. The topological polar surface area (TPSA) is 68.8 Å². The van der Waals surface area contributed by atoms with Crippen molar-refractivity contribution in [3.8, 4) is 0 Å². The van der Waals surface area contributed by atoms with Crippen molar-refractivity contribution in [3.63, 3.8) is 0 Å². The lowest BCUT2D eigenvalue weighted by Gasteiger charge is -2.17. The van der Waals surface area contributed by atoms with E-state index in [-0.39, 0.29) is 6.04 Å². The third kappa shape index (κ3) is 3.51. The van der Waals surface area contributed by atoms with Gasteiger partial charge in [0, 0.05) is 24.1 Å². The summed E-state index contributed by atoms with van der Waals surface area (Å²) in [5, 5.41) is 7.51. The zero-order chi connectivity index (χ0) is 13.8. The van der Waals surface area contributed by atoms with Crippen LogP contribution in [0, 0.1) is 6.92 Å². The molecule has 1 unspecified atom stereocenters. The van der Waals surface area contributed by atoms with Crippen molar-refractivity contribution in [1.29, 1.82) is 0 Å². The molecule has 0 aliphatic carbocycles. The molecule has 100 valence electrons. The van der Waals surface area contributed by atoms with Gasteiger partial charge in [0.25, 0.3) is 0 Å². The molecular weight excluding hydrogens is 258 g/mol. The van der Waals surface area contributed by atoms with Gasteiger partial charge in [-0.1, -0.05) is 12.2 Å². The Kier molecular flexibility index (Phi) is 4.11. The molecular formula is C13H17N5S. The molecule has 0 spiro atoms. The third-order valence-electron chi connectivity index (χ3n) is 2.70. The lowest BCUT2D eigenvalue weighted by molar-refractivity contribution is 0.559. The number of nitrogens with two attached hydrogens (primary N) is 1. The van der Waals surface area contributed by atoms with E-state index in [1.54, 1.807) is 6.20 Å². The van der Waals surface area contributed by atoms with Gasteiger partial charge >= 0.3 is 0 Å². The maximum absolute atomic E-state index is 5.71. The zero-order valence-corrected chi connectivity index (χ0v) is 11.8. The first-order valence-corrected chi connectivity index (χ1v) is 6.48. The molecule has 0 bridgehead atoms. The van der Waals surface area contributed by atoms with Gasteiger partial charge in [0.2, 0.25) is 0 Å². The Bertz CT molecular complexity index is 564. The molecule has 1 atom stereocenters. The summed E-state index contributed by atoms with van der Waals surface area (Å²) in [6.45, 7) is 4.75. The summed E-state index contributed by atoms with van der Waals surface area (Å²) in [7, 11) is 0. The average molecular weight is 275 g/mol. The number of hydrogen-bond acceptors (Lipinski definition) is 4. The molecule has 2 aromatic rings. The molecule has 2 rings (SSSR count). The largest absolute Gasteiger partial charge is 0.389 e. The molecule has 0 amide bonds. The summed E-state index contributed by atoms with van der Waals surface area (Å²) in [6.07, 6.45) is 3.69. The Morgan fingerprint density at radius 2 is 2.32 bits per heavy atom. The van der Waals surface area contributed by atoms with Crippen LogP contribution in [0.2, 0.25) is 0 Å². The number of aromatic nitrogens is 3. The first-order chi connectivity index (χ1) is 9.06. The monoisotopic (exact) mass is 275 g/mol. The van der Waals surface area contributed by atoms with Crippen molar-refractivity contribution in [1.82, 2.24) is 14.8 Å². The van der Waals surface area contributed by atoms with Crippen LogP contribution in [0.4, 0.5) is 5.82 Å². The second-order valence-electron chi connectivity index (χ2n) is 4.49. The summed E-state index contributed by atoms with van der Waals surface area (Å²) >= 11 is 5.04. The number of anilines is 1. The number of hydrogen-bond donors (Lipinski definition) is 2. The summed E-state index contributed by atoms with van der Waals surface area (Å²) < 4.78 is 1.87. The van der Waals surface area contributed by atoms with E-state index in [0.717, 1.165) is 23.6 Å². The highest BCUT2D eigenvalue weighted by Crippen LogP contribution is 2.14. The SMILES string of the molecule is Cc1ccc(C(N)=S)c(NC(C)Cn2cccn2)n1. The number of aryl methyl sites for hydroxylation is 1. The Morgan fingerprint density at radius 3 is 2.95 bits per heavy atom. The number of nitrogens with one attached hydrogen (secondary N) is 1. The van der Waals surface area contributed by atoms with Crippen molar-refractivity contribution in [2.75, 3.05) is 5.32 Å². The molecule has 5 nitrogen and oxygen atoms in total. The van der Waals surface area contributed by atoms with Crippen LogP contribution in [0.1, 0.15) is 18.2 Å². The summed E-state index contributed by atoms with van der Waals surface area (Å²) in [5.74, 6) is 0.729. The molecule has 0 aliphatic heterocycles. The molecule has 6 heteroatoms. The first kappa shape index (κ1) is 13.5. The highest BCUT2D eigenvalue weighted by atomic mass is 32.1. The van der Waals surface area contributed by atoms with Crippen LogP contribution in [0.15, 0.2) is 30.6 Å². The Labute approximate surface area is 117 Å². The molecule has 0 saturated heterocycles. The van der Waals surface area contributed by atoms with Crippen molar-refractivity contribution in [2.24, 2.45) is 5.73 Å². The zero-order valence-electron chi connectivity index (χ0n) is 11.0. The van der Waals surface area contributed by atoms with Gasteiger partial charge in [-0.05, 0) is 32.0 Å². The maximum Gasteiger partial charge on any atom is 0.136 e. The fourth-order valence-electron chi connectivity index (χ4n) is 1.83. The number of thiocarbonyl (C=S) groups is 1. The van der Waals surface area contributed by atoms with Gasteiger partial charge in [-0.3, -0.25) is 4.68 Å². The normalized spacial score (nSPS) is 12.1. The van der Waals surface area contributed by atoms with Crippen molar-refractivity contribution in [2.45, 2.75) is 26.4 Å². The minimum Gasteiger partial charge on any atom is -0.389 e. The minimum atomic E-state index is 0.169. The average Bonchev–Trinajstić information content (AvgIpc) is 2.81. The number of pyridine rings is 1. The maximum atomic E-state index is 5.71. The van der Waals surface area contributed by atoms with Crippen molar-refractivity contribution >= 4 is 23.0 Å². The van der Waals surface area contributed by atoms with E-state index in [2.05, 4.69) is 22.3 Å². The van der Waals surface area contributed by atoms with Gasteiger partial charge in [0.05, 0.1) is 12.1 Å². The number of rotatable bonds is 5. The quantitative estimate of drug-likeness (QED) is 0.813. The van der Waals surface area contributed by atoms with Gasteiger partial charge < -0.3 is 11.1 Å². The smallest absolute Gasteiger partial charge is 0.136 e. The highest BCUT2D eigenvalue weighted by molar-refractivity contribution is 7.80. The van der Waals surface area contributed by atoms with E-state index in [1.165, 1.54) is 0 Å². The van der Waals surface area contributed by atoms with E-state index >= 15 is 0 Å². The first-order valence-electron chi connectivity index (χ1n) is 6.07. The lowest BCUT2D eigenvalue weighted by atomic mass is 10.2. The van der Waals surface area contributed by atoms with Crippen LogP contribution in [-0.4, -0.2) is 25.8 Å². The molecule has 2 aromatic heterocycles. The van der Waals surface area contributed by atoms with Crippen molar-refractivity contribution < 1.29 is 0 Å². The molecule has 0 radical (unpaired) electrons. The molecule has 0 aromatic carbocycles. The molecule has 3 N–H and O–H groups in total. The van der Waals surface area contributed by atoms with E-state index in [0.29, 0.717) is 4.99 Å². The van der Waals surface area contributed by atoms with Crippen LogP contribution in [0.25, 0.3) is 0 Å².